The standard InChI is InChI=1S/C33H21NO4/c1-3-4-16-28-19(2)31(35)23-17-30-24(18-29(23)37-28)32(36)22-12-9-15-27(33(22)38-30)34-25-13-7-5-10-20(25)21-11-6-8-14-26(21)34/h3-18H,1H2,2H3/b16-4-. The van der Waals surface area contributed by atoms with Gasteiger partial charge in [0.2, 0.25) is 5.43 Å². The summed E-state index contributed by atoms with van der Waals surface area (Å²) in [7, 11) is 0. The molecule has 5 heteroatoms. The van der Waals surface area contributed by atoms with Gasteiger partial charge in [-0.1, -0.05) is 61.2 Å². The molecule has 0 atom stereocenters. The topological polar surface area (TPSA) is 65.3 Å². The molecule has 0 fully saturated rings. The SMILES string of the molecule is C=C/C=C\c1oc2cc3c(=O)c4cccc(-n5c6ccccc6c6ccccc65)c4oc3cc2c(=O)c1C. The van der Waals surface area contributed by atoms with E-state index in [1.54, 1.807) is 43.4 Å². The molecule has 0 saturated heterocycles. The normalized spacial score (nSPS) is 12.0. The van der Waals surface area contributed by atoms with Gasteiger partial charge in [0.15, 0.2) is 11.0 Å². The first kappa shape index (κ1) is 22.1. The summed E-state index contributed by atoms with van der Waals surface area (Å²) in [6.45, 7) is 5.39. The second kappa shape index (κ2) is 8.18. The molecule has 4 aromatic carbocycles. The van der Waals surface area contributed by atoms with Crippen molar-refractivity contribution < 1.29 is 8.83 Å². The van der Waals surface area contributed by atoms with Gasteiger partial charge in [-0.15, -0.1) is 0 Å². The highest BCUT2D eigenvalue weighted by Gasteiger charge is 2.19. The molecule has 0 aliphatic rings. The highest BCUT2D eigenvalue weighted by atomic mass is 16.3. The number of benzene rings is 4. The number of aromatic nitrogens is 1. The molecule has 0 aliphatic heterocycles. The molecule has 7 aromatic rings. The van der Waals surface area contributed by atoms with E-state index in [9.17, 15) is 9.59 Å². The van der Waals surface area contributed by atoms with Crippen molar-refractivity contribution in [2.75, 3.05) is 0 Å². The molecule has 0 bridgehead atoms. The number of fused-ring (bicyclic) bond motifs is 6. The Morgan fingerprint density at radius 1 is 0.711 bits per heavy atom. The molecular formula is C33H21NO4. The van der Waals surface area contributed by atoms with Gasteiger partial charge in [-0.2, -0.15) is 0 Å². The fourth-order valence-electron chi connectivity index (χ4n) is 5.33. The lowest BCUT2D eigenvalue weighted by atomic mass is 10.1. The van der Waals surface area contributed by atoms with Crippen LogP contribution in [-0.4, -0.2) is 4.57 Å². The number of hydrogen-bond donors (Lipinski definition) is 0. The van der Waals surface area contributed by atoms with E-state index in [2.05, 4.69) is 35.4 Å². The van der Waals surface area contributed by atoms with Crippen LogP contribution in [0.4, 0.5) is 0 Å². The van der Waals surface area contributed by atoms with Crippen LogP contribution < -0.4 is 10.9 Å². The van der Waals surface area contributed by atoms with Crippen LogP contribution in [0.3, 0.4) is 0 Å². The van der Waals surface area contributed by atoms with Gasteiger partial charge < -0.3 is 13.4 Å². The van der Waals surface area contributed by atoms with Crippen LogP contribution in [0.2, 0.25) is 0 Å². The summed E-state index contributed by atoms with van der Waals surface area (Å²) in [6.07, 6.45) is 5.00. The lowest BCUT2D eigenvalue weighted by Crippen LogP contribution is -2.09. The minimum atomic E-state index is -0.183. The summed E-state index contributed by atoms with van der Waals surface area (Å²) in [5.41, 5.74) is 4.04. The molecule has 0 aliphatic carbocycles. The van der Waals surface area contributed by atoms with Gasteiger partial charge in [0.05, 0.1) is 32.9 Å². The predicted molar refractivity (Wildman–Crippen MR) is 154 cm³/mol. The van der Waals surface area contributed by atoms with E-state index in [0.717, 1.165) is 27.5 Å². The quantitative estimate of drug-likeness (QED) is 0.186. The molecule has 0 spiro atoms. The summed E-state index contributed by atoms with van der Waals surface area (Å²) in [5.74, 6) is 0.431. The van der Waals surface area contributed by atoms with E-state index in [1.165, 1.54) is 0 Å². The second-order valence-corrected chi connectivity index (χ2v) is 9.31. The lowest BCUT2D eigenvalue weighted by Gasteiger charge is -2.11. The van der Waals surface area contributed by atoms with Crippen LogP contribution in [0, 0.1) is 6.92 Å². The maximum atomic E-state index is 13.8. The van der Waals surface area contributed by atoms with Crippen molar-refractivity contribution in [3.05, 3.63) is 129 Å². The first-order valence-corrected chi connectivity index (χ1v) is 12.3. The first-order chi connectivity index (χ1) is 18.6. The van der Waals surface area contributed by atoms with Gasteiger partial charge in [0, 0.05) is 16.3 Å². The summed E-state index contributed by atoms with van der Waals surface area (Å²) < 4.78 is 14.6. The zero-order chi connectivity index (χ0) is 26.0. The summed E-state index contributed by atoms with van der Waals surface area (Å²) in [5, 5.41) is 3.40. The van der Waals surface area contributed by atoms with Crippen molar-refractivity contribution in [2.45, 2.75) is 6.92 Å². The maximum Gasteiger partial charge on any atom is 0.200 e. The Labute approximate surface area is 216 Å². The predicted octanol–water partition coefficient (Wildman–Crippen LogP) is 7.66. The van der Waals surface area contributed by atoms with Crippen molar-refractivity contribution in [3.8, 4) is 5.69 Å². The maximum absolute atomic E-state index is 13.8. The number of hydrogen-bond acceptors (Lipinski definition) is 4. The monoisotopic (exact) mass is 495 g/mol. The average Bonchev–Trinajstić information content (AvgIpc) is 3.28. The minimum absolute atomic E-state index is 0.171. The first-order valence-electron chi connectivity index (χ1n) is 12.3. The largest absolute Gasteiger partial charge is 0.456 e. The van der Waals surface area contributed by atoms with E-state index in [0.29, 0.717) is 44.2 Å². The van der Waals surface area contributed by atoms with Crippen LogP contribution in [0.25, 0.3) is 66.5 Å². The van der Waals surface area contributed by atoms with Crippen LogP contribution >= 0.6 is 0 Å². The number of nitrogens with zero attached hydrogens (tertiary/aromatic N) is 1. The van der Waals surface area contributed by atoms with E-state index >= 15 is 0 Å². The van der Waals surface area contributed by atoms with Crippen LogP contribution in [0.15, 0.2) is 116 Å². The fourth-order valence-corrected chi connectivity index (χ4v) is 5.33. The van der Waals surface area contributed by atoms with E-state index < -0.39 is 0 Å². The Morgan fingerprint density at radius 2 is 1.32 bits per heavy atom. The number of allylic oxidation sites excluding steroid dienone is 2. The Balaban J connectivity index is 1.59. The molecule has 0 N–H and O–H groups in total. The third kappa shape index (κ3) is 3.05. The van der Waals surface area contributed by atoms with Gasteiger partial charge in [0.25, 0.3) is 0 Å². The molecular weight excluding hydrogens is 474 g/mol. The van der Waals surface area contributed by atoms with Crippen molar-refractivity contribution in [1.82, 2.24) is 4.57 Å². The van der Waals surface area contributed by atoms with E-state index in [1.807, 2.05) is 36.4 Å². The van der Waals surface area contributed by atoms with Crippen molar-refractivity contribution in [3.63, 3.8) is 0 Å². The molecule has 38 heavy (non-hydrogen) atoms. The molecule has 0 saturated carbocycles. The number of para-hydroxylation sites is 3. The van der Waals surface area contributed by atoms with Crippen molar-refractivity contribution >= 4 is 60.8 Å². The summed E-state index contributed by atoms with van der Waals surface area (Å²) in [6, 6.07) is 25.2. The molecule has 0 radical (unpaired) electrons. The van der Waals surface area contributed by atoms with Gasteiger partial charge in [-0.25, -0.2) is 0 Å². The Bertz CT molecular complexity index is 2210. The molecule has 3 aromatic heterocycles. The summed E-state index contributed by atoms with van der Waals surface area (Å²) in [4.78, 5) is 27.0. The highest BCUT2D eigenvalue weighted by Crippen LogP contribution is 2.35. The lowest BCUT2D eigenvalue weighted by molar-refractivity contribution is 0.585. The molecule has 0 amide bonds. The second-order valence-electron chi connectivity index (χ2n) is 9.31. The van der Waals surface area contributed by atoms with Crippen molar-refractivity contribution in [2.24, 2.45) is 0 Å². The molecule has 0 unspecified atom stereocenters. The molecule has 182 valence electrons. The Kier molecular flexibility index (Phi) is 4.75. The third-order valence-electron chi connectivity index (χ3n) is 7.16. The zero-order valence-electron chi connectivity index (χ0n) is 20.5. The third-order valence-corrected chi connectivity index (χ3v) is 7.16. The fraction of sp³-hybridized carbons (Fsp3) is 0.0303. The van der Waals surface area contributed by atoms with E-state index in [4.69, 9.17) is 8.83 Å². The molecule has 7 rings (SSSR count). The summed E-state index contributed by atoms with van der Waals surface area (Å²) >= 11 is 0. The zero-order valence-corrected chi connectivity index (χ0v) is 20.5. The van der Waals surface area contributed by atoms with Crippen LogP contribution in [0.1, 0.15) is 11.3 Å². The smallest absolute Gasteiger partial charge is 0.200 e. The van der Waals surface area contributed by atoms with Crippen LogP contribution in [0.5, 0.6) is 0 Å². The van der Waals surface area contributed by atoms with Gasteiger partial charge in [-0.05, 0) is 49.4 Å². The highest BCUT2D eigenvalue weighted by molar-refractivity contribution is 6.10. The van der Waals surface area contributed by atoms with Gasteiger partial charge >= 0.3 is 0 Å². The average molecular weight is 496 g/mol. The Morgan fingerprint density at radius 3 is 2.00 bits per heavy atom. The van der Waals surface area contributed by atoms with Gasteiger partial charge in [-0.3, -0.25) is 9.59 Å². The number of rotatable bonds is 3. The minimum Gasteiger partial charge on any atom is -0.456 e. The van der Waals surface area contributed by atoms with Crippen LogP contribution in [-0.2, 0) is 0 Å². The molecule has 5 nitrogen and oxygen atoms in total. The Hall–Kier alpha value is -5.16. The van der Waals surface area contributed by atoms with Crippen molar-refractivity contribution in [1.29, 1.82) is 0 Å². The van der Waals surface area contributed by atoms with E-state index in [-0.39, 0.29) is 10.9 Å². The molecule has 3 heterocycles. The van der Waals surface area contributed by atoms with Gasteiger partial charge in [0.1, 0.15) is 16.9 Å².